The molecule has 0 aliphatic rings. The number of halogens is 1. The summed E-state index contributed by atoms with van der Waals surface area (Å²) in [4.78, 5) is 0. The molecule has 0 amide bonds. The van der Waals surface area contributed by atoms with E-state index in [-0.39, 0.29) is 17.6 Å². The number of hydrogen-bond acceptors (Lipinski definition) is 2. The number of hydrogen-bond donors (Lipinski definition) is 1. The van der Waals surface area contributed by atoms with Gasteiger partial charge in [0, 0.05) is 12.5 Å². The average molecular weight is 361 g/mol. The lowest BCUT2D eigenvalue weighted by Crippen LogP contribution is -2.67. The van der Waals surface area contributed by atoms with Crippen LogP contribution in [0.3, 0.4) is 0 Å². The van der Waals surface area contributed by atoms with Crippen molar-refractivity contribution in [1.29, 1.82) is 0 Å². The van der Waals surface area contributed by atoms with Crippen LogP contribution in [0, 0.1) is 5.92 Å². The summed E-state index contributed by atoms with van der Waals surface area (Å²) >= 11 is 0. The third-order valence-corrected chi connectivity index (χ3v) is 9.78. The van der Waals surface area contributed by atoms with E-state index in [2.05, 4.69) is 45.0 Å². The number of alkyl halides is 1. The van der Waals surface area contributed by atoms with Crippen molar-refractivity contribution in [3.05, 3.63) is 60.7 Å². The molecule has 2 nitrogen and oxygen atoms in total. The van der Waals surface area contributed by atoms with E-state index in [1.807, 2.05) is 36.4 Å². The van der Waals surface area contributed by atoms with E-state index in [0.29, 0.717) is 0 Å². The highest BCUT2D eigenvalue weighted by atomic mass is 28.4. The van der Waals surface area contributed by atoms with Crippen LogP contribution in [-0.4, -0.2) is 32.8 Å². The zero-order valence-electron chi connectivity index (χ0n) is 15.6. The van der Waals surface area contributed by atoms with Crippen molar-refractivity contribution < 1.29 is 13.9 Å². The molecule has 0 saturated carbocycles. The lowest BCUT2D eigenvalue weighted by atomic mass is 10.1. The van der Waals surface area contributed by atoms with Crippen molar-refractivity contribution in [2.24, 2.45) is 5.92 Å². The second-order valence-corrected chi connectivity index (χ2v) is 12.0. The van der Waals surface area contributed by atoms with Crippen molar-refractivity contribution in [3.8, 4) is 0 Å². The van der Waals surface area contributed by atoms with Crippen molar-refractivity contribution >= 4 is 18.7 Å². The van der Waals surface area contributed by atoms with E-state index in [9.17, 15) is 4.39 Å². The maximum atomic E-state index is 13.9. The highest BCUT2D eigenvalue weighted by molar-refractivity contribution is 6.99. The first-order valence-corrected chi connectivity index (χ1v) is 10.7. The Morgan fingerprint density at radius 2 is 1.40 bits per heavy atom. The Hall–Kier alpha value is -1.49. The summed E-state index contributed by atoms with van der Waals surface area (Å²) in [6, 6.07) is 20.6. The van der Waals surface area contributed by atoms with Gasteiger partial charge in [-0.05, 0) is 15.4 Å². The van der Waals surface area contributed by atoms with Crippen molar-refractivity contribution in [2.75, 3.05) is 13.2 Å². The van der Waals surface area contributed by atoms with Crippen LogP contribution in [0.2, 0.25) is 5.04 Å². The molecule has 2 atom stereocenters. The fraction of sp³-hybridized carbons (Fsp3) is 0.429. The molecule has 0 aromatic heterocycles. The molecule has 2 rings (SSSR count). The summed E-state index contributed by atoms with van der Waals surface area (Å²) in [6.45, 7) is 8.20. The molecule has 0 radical (unpaired) electrons. The SMILES string of the molecule is CC(CO[Si](c1ccccc1)(c1ccccc1)C(C)(C)C)[C@H](F)CO. The molecule has 4 heteroatoms. The summed E-state index contributed by atoms with van der Waals surface area (Å²) in [6.07, 6.45) is -1.27. The van der Waals surface area contributed by atoms with Crippen LogP contribution in [0.25, 0.3) is 0 Å². The summed E-state index contributed by atoms with van der Waals surface area (Å²) in [5, 5.41) is 11.3. The number of benzene rings is 2. The first kappa shape index (κ1) is 19.8. The first-order valence-electron chi connectivity index (χ1n) is 8.83. The van der Waals surface area contributed by atoms with Gasteiger partial charge in [0.05, 0.1) is 6.61 Å². The monoisotopic (exact) mass is 360 g/mol. The van der Waals surface area contributed by atoms with Gasteiger partial charge in [0.25, 0.3) is 8.32 Å². The van der Waals surface area contributed by atoms with Crippen LogP contribution in [0.4, 0.5) is 4.39 Å². The largest absolute Gasteiger partial charge is 0.407 e. The van der Waals surface area contributed by atoms with Crippen LogP contribution < -0.4 is 10.4 Å². The minimum atomic E-state index is -2.62. The van der Waals surface area contributed by atoms with E-state index in [1.54, 1.807) is 6.92 Å². The molecule has 0 saturated heterocycles. The molecule has 0 heterocycles. The van der Waals surface area contributed by atoms with Crippen LogP contribution in [0.15, 0.2) is 60.7 Å². The summed E-state index contributed by atoms with van der Waals surface area (Å²) in [5.74, 6) is -0.355. The van der Waals surface area contributed by atoms with E-state index in [0.717, 1.165) is 0 Å². The Morgan fingerprint density at radius 1 is 0.960 bits per heavy atom. The fourth-order valence-electron chi connectivity index (χ4n) is 3.30. The van der Waals surface area contributed by atoms with Crippen molar-refractivity contribution in [1.82, 2.24) is 0 Å². The molecule has 2 aromatic carbocycles. The van der Waals surface area contributed by atoms with Gasteiger partial charge in [0.1, 0.15) is 6.17 Å². The summed E-state index contributed by atoms with van der Waals surface area (Å²) in [5.41, 5.74) is 0. The molecule has 0 aliphatic heterocycles. The molecule has 25 heavy (non-hydrogen) atoms. The quantitative estimate of drug-likeness (QED) is 0.766. The Kier molecular flexibility index (Phi) is 6.55. The number of aliphatic hydroxyl groups is 1. The Balaban J connectivity index is 2.53. The van der Waals surface area contributed by atoms with Gasteiger partial charge < -0.3 is 9.53 Å². The Morgan fingerprint density at radius 3 is 1.76 bits per heavy atom. The number of rotatable bonds is 7. The van der Waals surface area contributed by atoms with E-state index < -0.39 is 21.1 Å². The van der Waals surface area contributed by atoms with Gasteiger partial charge in [-0.25, -0.2) is 4.39 Å². The van der Waals surface area contributed by atoms with E-state index in [4.69, 9.17) is 9.53 Å². The second-order valence-electron chi connectivity index (χ2n) is 7.65. The fourth-order valence-corrected chi connectivity index (χ4v) is 7.97. The standard InChI is InChI=1S/C21H29FO2Si/c1-17(20(22)15-23)16-24-25(21(2,3)4,18-11-7-5-8-12-18)19-13-9-6-10-14-19/h5-14,17,20,23H,15-16H2,1-4H3/t17?,20-/m1/s1. The minimum absolute atomic E-state index is 0.125. The van der Waals surface area contributed by atoms with E-state index in [1.165, 1.54) is 10.4 Å². The first-order chi connectivity index (χ1) is 11.8. The third-order valence-electron chi connectivity index (χ3n) is 4.77. The van der Waals surface area contributed by atoms with Crippen molar-refractivity contribution in [3.63, 3.8) is 0 Å². The van der Waals surface area contributed by atoms with Gasteiger partial charge in [0.15, 0.2) is 0 Å². The van der Waals surface area contributed by atoms with Gasteiger partial charge in [-0.15, -0.1) is 0 Å². The van der Waals surface area contributed by atoms with Crippen LogP contribution >= 0.6 is 0 Å². The molecule has 0 fully saturated rings. The Labute approximate surface area is 151 Å². The maximum Gasteiger partial charge on any atom is 0.261 e. The van der Waals surface area contributed by atoms with Gasteiger partial charge in [-0.3, -0.25) is 0 Å². The predicted octanol–water partition coefficient (Wildman–Crippen LogP) is 3.53. The lowest BCUT2D eigenvalue weighted by molar-refractivity contribution is 0.0996. The highest BCUT2D eigenvalue weighted by Gasteiger charge is 2.50. The van der Waals surface area contributed by atoms with Crippen LogP contribution in [0.5, 0.6) is 0 Å². The second kappa shape index (κ2) is 8.26. The molecule has 0 bridgehead atoms. The molecular weight excluding hydrogens is 331 g/mol. The minimum Gasteiger partial charge on any atom is -0.407 e. The lowest BCUT2D eigenvalue weighted by Gasteiger charge is -2.43. The van der Waals surface area contributed by atoms with Gasteiger partial charge in [-0.2, -0.15) is 0 Å². The van der Waals surface area contributed by atoms with Crippen LogP contribution in [0.1, 0.15) is 27.7 Å². The topological polar surface area (TPSA) is 29.5 Å². The summed E-state index contributed by atoms with van der Waals surface area (Å²) in [7, 11) is -2.62. The molecule has 0 spiro atoms. The third kappa shape index (κ3) is 4.19. The molecular formula is C21H29FO2Si. The molecule has 1 unspecified atom stereocenters. The van der Waals surface area contributed by atoms with Crippen LogP contribution in [-0.2, 0) is 4.43 Å². The van der Waals surface area contributed by atoms with Gasteiger partial charge >= 0.3 is 0 Å². The molecule has 1 N–H and O–H groups in total. The normalized spacial score (nSPS) is 15.0. The van der Waals surface area contributed by atoms with Crippen molar-refractivity contribution in [2.45, 2.75) is 38.9 Å². The summed E-state index contributed by atoms with van der Waals surface area (Å²) < 4.78 is 20.5. The molecule has 0 aliphatic carbocycles. The van der Waals surface area contributed by atoms with Gasteiger partial charge in [0.2, 0.25) is 0 Å². The predicted molar refractivity (Wildman–Crippen MR) is 105 cm³/mol. The average Bonchev–Trinajstić information content (AvgIpc) is 2.62. The van der Waals surface area contributed by atoms with Gasteiger partial charge in [-0.1, -0.05) is 88.4 Å². The molecule has 136 valence electrons. The highest BCUT2D eigenvalue weighted by Crippen LogP contribution is 2.37. The zero-order valence-corrected chi connectivity index (χ0v) is 16.6. The van der Waals surface area contributed by atoms with E-state index >= 15 is 0 Å². The zero-order chi connectivity index (χ0) is 18.5. The Bertz CT molecular complexity index is 600. The smallest absolute Gasteiger partial charge is 0.261 e. The number of aliphatic hydroxyl groups excluding tert-OH is 1. The maximum absolute atomic E-state index is 13.9. The molecule has 2 aromatic rings.